The quantitative estimate of drug-likeness (QED) is 0.860. The van der Waals surface area contributed by atoms with Crippen LogP contribution in [0.5, 0.6) is 0 Å². The number of hydrogen-bond donors (Lipinski definition) is 0. The molecule has 1 aliphatic rings. The van der Waals surface area contributed by atoms with Gasteiger partial charge in [0, 0.05) is 19.2 Å². The first-order chi connectivity index (χ1) is 10.3. The van der Waals surface area contributed by atoms with Crippen molar-refractivity contribution in [2.24, 2.45) is 0 Å². The fraction of sp³-hybridized carbons (Fsp3) is 0.333. The molecular weight excluding hydrogens is 260 g/mol. The van der Waals surface area contributed by atoms with Gasteiger partial charge < -0.3 is 4.90 Å². The Morgan fingerprint density at radius 2 is 1.95 bits per heavy atom. The van der Waals surface area contributed by atoms with Gasteiger partial charge in [0.05, 0.1) is 11.7 Å². The molecule has 0 spiro atoms. The van der Waals surface area contributed by atoms with Crippen molar-refractivity contribution in [2.45, 2.75) is 31.7 Å². The molecule has 3 rings (SSSR count). The summed E-state index contributed by atoms with van der Waals surface area (Å²) < 4.78 is 0. The van der Waals surface area contributed by atoms with Crippen LogP contribution < -0.4 is 0 Å². The summed E-state index contributed by atoms with van der Waals surface area (Å²) in [6.45, 7) is 0.856. The molecule has 0 saturated carbocycles. The van der Waals surface area contributed by atoms with E-state index in [1.165, 1.54) is 5.56 Å². The number of aryl methyl sites for hydroxylation is 1. The second kappa shape index (κ2) is 6.53. The van der Waals surface area contributed by atoms with Gasteiger partial charge in [0.15, 0.2) is 0 Å². The van der Waals surface area contributed by atoms with E-state index in [1.54, 1.807) is 6.20 Å². The monoisotopic (exact) mass is 280 g/mol. The molecule has 1 aromatic carbocycles. The first-order valence-electron chi connectivity index (χ1n) is 7.59. The van der Waals surface area contributed by atoms with Crippen molar-refractivity contribution in [3.05, 3.63) is 66.0 Å². The topological polar surface area (TPSA) is 33.2 Å². The van der Waals surface area contributed by atoms with E-state index < -0.39 is 0 Å². The zero-order chi connectivity index (χ0) is 14.5. The average Bonchev–Trinajstić information content (AvgIpc) is 3.04. The maximum atomic E-state index is 12.5. The number of amides is 1. The van der Waals surface area contributed by atoms with E-state index in [1.807, 2.05) is 41.3 Å². The van der Waals surface area contributed by atoms with Gasteiger partial charge in [-0.05, 0) is 37.0 Å². The minimum absolute atomic E-state index is 0.162. The standard InChI is InChI=1S/C18H20N2O/c21-18(12-11-15-7-2-1-3-8-15)20-14-6-10-17(20)16-9-4-5-13-19-16/h1-5,7-9,13,17H,6,10-12,14H2. The van der Waals surface area contributed by atoms with Crippen molar-refractivity contribution in [1.82, 2.24) is 9.88 Å². The van der Waals surface area contributed by atoms with Crippen LogP contribution in [0, 0.1) is 0 Å². The third-order valence-electron chi connectivity index (χ3n) is 4.07. The molecule has 2 heterocycles. The lowest BCUT2D eigenvalue weighted by atomic mass is 10.1. The second-order valence-corrected chi connectivity index (χ2v) is 5.49. The number of rotatable bonds is 4. The molecule has 0 radical (unpaired) electrons. The highest BCUT2D eigenvalue weighted by molar-refractivity contribution is 5.77. The lowest BCUT2D eigenvalue weighted by molar-refractivity contribution is -0.132. The normalized spacial score (nSPS) is 17.9. The van der Waals surface area contributed by atoms with E-state index in [4.69, 9.17) is 0 Å². The summed E-state index contributed by atoms with van der Waals surface area (Å²) in [7, 11) is 0. The van der Waals surface area contributed by atoms with Crippen LogP contribution in [0.25, 0.3) is 0 Å². The molecular formula is C18H20N2O. The lowest BCUT2D eigenvalue weighted by Crippen LogP contribution is -2.31. The van der Waals surface area contributed by atoms with Gasteiger partial charge in [0.25, 0.3) is 0 Å². The number of benzene rings is 1. The Labute approximate surface area is 125 Å². The highest BCUT2D eigenvalue weighted by atomic mass is 16.2. The van der Waals surface area contributed by atoms with Crippen molar-refractivity contribution in [2.75, 3.05) is 6.54 Å². The van der Waals surface area contributed by atoms with E-state index >= 15 is 0 Å². The number of hydrogen-bond acceptors (Lipinski definition) is 2. The van der Waals surface area contributed by atoms with Crippen LogP contribution in [0.2, 0.25) is 0 Å². The molecule has 0 bridgehead atoms. The van der Waals surface area contributed by atoms with E-state index in [-0.39, 0.29) is 11.9 Å². The molecule has 1 amide bonds. The van der Waals surface area contributed by atoms with Gasteiger partial charge in [0.1, 0.15) is 0 Å². The van der Waals surface area contributed by atoms with E-state index in [2.05, 4.69) is 17.1 Å². The number of aromatic nitrogens is 1. The van der Waals surface area contributed by atoms with Gasteiger partial charge in [-0.2, -0.15) is 0 Å². The fourth-order valence-corrected chi connectivity index (χ4v) is 2.99. The first-order valence-corrected chi connectivity index (χ1v) is 7.59. The van der Waals surface area contributed by atoms with Gasteiger partial charge in [-0.1, -0.05) is 36.4 Å². The molecule has 1 fully saturated rings. The summed E-state index contributed by atoms with van der Waals surface area (Å²) in [5, 5.41) is 0. The Morgan fingerprint density at radius 1 is 1.14 bits per heavy atom. The summed E-state index contributed by atoms with van der Waals surface area (Å²) in [6, 6.07) is 16.3. The number of nitrogens with zero attached hydrogens (tertiary/aromatic N) is 2. The molecule has 1 aliphatic heterocycles. The molecule has 21 heavy (non-hydrogen) atoms. The number of likely N-dealkylation sites (tertiary alicyclic amines) is 1. The Hall–Kier alpha value is -2.16. The third-order valence-corrected chi connectivity index (χ3v) is 4.07. The number of pyridine rings is 1. The molecule has 0 aliphatic carbocycles. The Bertz CT molecular complexity index is 583. The smallest absolute Gasteiger partial charge is 0.223 e. The molecule has 1 atom stereocenters. The Balaban J connectivity index is 1.64. The molecule has 2 aromatic rings. The van der Waals surface area contributed by atoms with Crippen LogP contribution in [-0.4, -0.2) is 22.3 Å². The molecule has 1 saturated heterocycles. The fourth-order valence-electron chi connectivity index (χ4n) is 2.99. The van der Waals surface area contributed by atoms with Crippen LogP contribution in [0.15, 0.2) is 54.7 Å². The van der Waals surface area contributed by atoms with Crippen molar-refractivity contribution in [3.8, 4) is 0 Å². The predicted octanol–water partition coefficient (Wildman–Crippen LogP) is 3.38. The summed E-state index contributed by atoms with van der Waals surface area (Å²) in [6.07, 6.45) is 5.28. The first kappa shape index (κ1) is 13.8. The van der Waals surface area contributed by atoms with E-state index in [0.717, 1.165) is 31.5 Å². The van der Waals surface area contributed by atoms with Crippen molar-refractivity contribution in [1.29, 1.82) is 0 Å². The number of carbonyl (C=O) groups is 1. The molecule has 3 heteroatoms. The van der Waals surface area contributed by atoms with Crippen molar-refractivity contribution < 1.29 is 4.79 Å². The average molecular weight is 280 g/mol. The lowest BCUT2D eigenvalue weighted by Gasteiger charge is -2.24. The van der Waals surface area contributed by atoms with Gasteiger partial charge in [-0.3, -0.25) is 9.78 Å². The highest BCUT2D eigenvalue weighted by Gasteiger charge is 2.30. The van der Waals surface area contributed by atoms with Gasteiger partial charge >= 0.3 is 0 Å². The second-order valence-electron chi connectivity index (χ2n) is 5.49. The van der Waals surface area contributed by atoms with Gasteiger partial charge in [0.2, 0.25) is 5.91 Å². The maximum absolute atomic E-state index is 12.5. The van der Waals surface area contributed by atoms with E-state index in [0.29, 0.717) is 6.42 Å². The number of carbonyl (C=O) groups excluding carboxylic acids is 1. The maximum Gasteiger partial charge on any atom is 0.223 e. The molecule has 1 unspecified atom stereocenters. The van der Waals surface area contributed by atoms with Gasteiger partial charge in [-0.15, -0.1) is 0 Å². The molecule has 0 N–H and O–H groups in total. The van der Waals surface area contributed by atoms with Crippen LogP contribution in [0.1, 0.15) is 36.6 Å². The Morgan fingerprint density at radius 3 is 2.71 bits per heavy atom. The van der Waals surface area contributed by atoms with E-state index in [9.17, 15) is 4.79 Å². The summed E-state index contributed by atoms with van der Waals surface area (Å²) >= 11 is 0. The summed E-state index contributed by atoms with van der Waals surface area (Å²) in [5.74, 6) is 0.243. The molecule has 3 nitrogen and oxygen atoms in total. The van der Waals surface area contributed by atoms with Crippen molar-refractivity contribution in [3.63, 3.8) is 0 Å². The summed E-state index contributed by atoms with van der Waals surface area (Å²) in [5.41, 5.74) is 2.24. The van der Waals surface area contributed by atoms with Crippen molar-refractivity contribution >= 4 is 5.91 Å². The predicted molar refractivity (Wildman–Crippen MR) is 82.7 cm³/mol. The minimum atomic E-state index is 0.162. The van der Waals surface area contributed by atoms with Crippen LogP contribution >= 0.6 is 0 Å². The highest BCUT2D eigenvalue weighted by Crippen LogP contribution is 2.31. The minimum Gasteiger partial charge on any atom is -0.334 e. The molecule has 1 aromatic heterocycles. The zero-order valence-corrected chi connectivity index (χ0v) is 12.1. The van der Waals surface area contributed by atoms with Gasteiger partial charge in [-0.25, -0.2) is 0 Å². The molecule has 108 valence electrons. The third kappa shape index (κ3) is 3.30. The largest absolute Gasteiger partial charge is 0.334 e. The zero-order valence-electron chi connectivity index (χ0n) is 12.1. The Kier molecular flexibility index (Phi) is 4.29. The van der Waals surface area contributed by atoms with Crippen LogP contribution in [-0.2, 0) is 11.2 Å². The van der Waals surface area contributed by atoms with Crippen LogP contribution in [0.3, 0.4) is 0 Å². The summed E-state index contributed by atoms with van der Waals surface area (Å²) in [4.78, 5) is 18.9. The van der Waals surface area contributed by atoms with Crippen LogP contribution in [0.4, 0.5) is 0 Å². The SMILES string of the molecule is O=C(CCc1ccccc1)N1CCCC1c1ccccn1.